The SMILES string of the molecule is CCN(Cc1ccccc1)c1ccc(/C(N)=N/O)cc1Br. The molecule has 0 saturated heterocycles. The summed E-state index contributed by atoms with van der Waals surface area (Å²) in [6.07, 6.45) is 0. The molecule has 0 atom stereocenters. The zero-order valence-corrected chi connectivity index (χ0v) is 13.4. The van der Waals surface area contributed by atoms with E-state index < -0.39 is 0 Å². The van der Waals surface area contributed by atoms with Crippen molar-refractivity contribution in [2.45, 2.75) is 13.5 Å². The lowest BCUT2D eigenvalue weighted by molar-refractivity contribution is 0.318. The first-order valence-corrected chi connectivity index (χ1v) is 7.51. The van der Waals surface area contributed by atoms with Crippen molar-refractivity contribution in [3.05, 3.63) is 64.1 Å². The normalized spacial score (nSPS) is 11.4. The van der Waals surface area contributed by atoms with E-state index in [4.69, 9.17) is 10.9 Å². The van der Waals surface area contributed by atoms with E-state index in [9.17, 15) is 0 Å². The van der Waals surface area contributed by atoms with Crippen LogP contribution in [0.5, 0.6) is 0 Å². The van der Waals surface area contributed by atoms with Crippen LogP contribution in [0.15, 0.2) is 58.2 Å². The summed E-state index contributed by atoms with van der Waals surface area (Å²) in [5.41, 5.74) is 8.63. The van der Waals surface area contributed by atoms with Crippen molar-refractivity contribution >= 4 is 27.5 Å². The van der Waals surface area contributed by atoms with Crippen molar-refractivity contribution in [1.82, 2.24) is 0 Å². The van der Waals surface area contributed by atoms with Crippen molar-refractivity contribution in [3.63, 3.8) is 0 Å². The summed E-state index contributed by atoms with van der Waals surface area (Å²) in [5.74, 6) is 0.105. The van der Waals surface area contributed by atoms with E-state index in [0.29, 0.717) is 5.56 Å². The van der Waals surface area contributed by atoms with Gasteiger partial charge in [-0.3, -0.25) is 0 Å². The third kappa shape index (κ3) is 3.76. The predicted octanol–water partition coefficient (Wildman–Crippen LogP) is 3.57. The third-order valence-corrected chi connectivity index (χ3v) is 3.93. The van der Waals surface area contributed by atoms with E-state index in [1.165, 1.54) is 5.56 Å². The number of hydrogen-bond donors (Lipinski definition) is 2. The smallest absolute Gasteiger partial charge is 0.170 e. The lowest BCUT2D eigenvalue weighted by Gasteiger charge is -2.25. The Balaban J connectivity index is 2.26. The van der Waals surface area contributed by atoms with Gasteiger partial charge in [0, 0.05) is 23.1 Å². The second-order valence-electron chi connectivity index (χ2n) is 4.65. The van der Waals surface area contributed by atoms with Crippen LogP contribution in [0.3, 0.4) is 0 Å². The first kappa shape index (κ1) is 15.4. The summed E-state index contributed by atoms with van der Waals surface area (Å²) in [7, 11) is 0. The molecule has 3 N–H and O–H groups in total. The first-order chi connectivity index (χ1) is 10.2. The van der Waals surface area contributed by atoms with Gasteiger partial charge in [-0.1, -0.05) is 35.5 Å². The van der Waals surface area contributed by atoms with Gasteiger partial charge in [-0.25, -0.2) is 0 Å². The van der Waals surface area contributed by atoms with Crippen LogP contribution in [0.4, 0.5) is 5.69 Å². The Bertz CT molecular complexity index is 629. The zero-order valence-electron chi connectivity index (χ0n) is 11.8. The molecule has 2 aromatic rings. The molecule has 0 radical (unpaired) electrons. The second kappa shape index (κ2) is 7.13. The summed E-state index contributed by atoms with van der Waals surface area (Å²) in [6.45, 7) is 3.84. The molecule has 0 bridgehead atoms. The molecule has 0 aliphatic carbocycles. The Hall–Kier alpha value is -2.01. The number of halogens is 1. The number of nitrogens with two attached hydrogens (primary N) is 1. The van der Waals surface area contributed by atoms with Gasteiger partial charge in [0.15, 0.2) is 5.84 Å². The molecule has 0 aliphatic heterocycles. The largest absolute Gasteiger partial charge is 0.409 e. The van der Waals surface area contributed by atoms with Crippen LogP contribution < -0.4 is 10.6 Å². The molecule has 0 saturated carbocycles. The standard InChI is InChI=1S/C16H18BrN3O/c1-2-20(11-12-6-4-3-5-7-12)15-9-8-13(10-14(15)17)16(18)19-21/h3-10,21H,2,11H2,1H3,(H2,18,19). The fraction of sp³-hybridized carbons (Fsp3) is 0.188. The number of oxime groups is 1. The maximum atomic E-state index is 8.74. The Morgan fingerprint density at radius 1 is 1.24 bits per heavy atom. The van der Waals surface area contributed by atoms with Gasteiger partial charge in [0.05, 0.1) is 5.69 Å². The lowest BCUT2D eigenvalue weighted by atomic mass is 10.1. The van der Waals surface area contributed by atoms with Gasteiger partial charge in [0.1, 0.15) is 0 Å². The van der Waals surface area contributed by atoms with E-state index in [1.807, 2.05) is 36.4 Å². The molecular formula is C16H18BrN3O. The first-order valence-electron chi connectivity index (χ1n) is 6.72. The molecule has 2 rings (SSSR count). The topological polar surface area (TPSA) is 61.8 Å². The highest BCUT2D eigenvalue weighted by atomic mass is 79.9. The van der Waals surface area contributed by atoms with E-state index in [1.54, 1.807) is 0 Å². The minimum atomic E-state index is 0.105. The second-order valence-corrected chi connectivity index (χ2v) is 5.51. The van der Waals surface area contributed by atoms with Gasteiger partial charge in [-0.05, 0) is 46.6 Å². The number of rotatable bonds is 5. The van der Waals surface area contributed by atoms with E-state index in [-0.39, 0.29) is 5.84 Å². The van der Waals surface area contributed by atoms with Crippen molar-refractivity contribution in [3.8, 4) is 0 Å². The molecule has 5 heteroatoms. The Morgan fingerprint density at radius 2 is 1.95 bits per heavy atom. The minimum absolute atomic E-state index is 0.105. The summed E-state index contributed by atoms with van der Waals surface area (Å²) >= 11 is 3.57. The van der Waals surface area contributed by atoms with Crippen molar-refractivity contribution in [1.29, 1.82) is 0 Å². The number of nitrogens with zero attached hydrogens (tertiary/aromatic N) is 2. The molecule has 4 nitrogen and oxygen atoms in total. The van der Waals surface area contributed by atoms with E-state index in [2.05, 4.69) is 45.0 Å². The van der Waals surface area contributed by atoms with Crippen LogP contribution in [-0.2, 0) is 6.54 Å². The van der Waals surface area contributed by atoms with Crippen LogP contribution in [0.25, 0.3) is 0 Å². The molecule has 0 spiro atoms. The zero-order chi connectivity index (χ0) is 15.2. The van der Waals surface area contributed by atoms with Crippen LogP contribution in [-0.4, -0.2) is 17.6 Å². The summed E-state index contributed by atoms with van der Waals surface area (Å²) in [4.78, 5) is 2.26. The van der Waals surface area contributed by atoms with Gasteiger partial charge in [-0.2, -0.15) is 0 Å². The van der Waals surface area contributed by atoms with E-state index >= 15 is 0 Å². The van der Waals surface area contributed by atoms with Crippen molar-refractivity contribution < 1.29 is 5.21 Å². The number of benzene rings is 2. The predicted molar refractivity (Wildman–Crippen MR) is 89.8 cm³/mol. The quantitative estimate of drug-likeness (QED) is 0.376. The molecule has 0 amide bonds. The fourth-order valence-corrected chi connectivity index (χ4v) is 2.78. The Kier molecular flexibility index (Phi) is 5.22. The average molecular weight is 348 g/mol. The molecular weight excluding hydrogens is 330 g/mol. The minimum Gasteiger partial charge on any atom is -0.409 e. The van der Waals surface area contributed by atoms with Gasteiger partial charge in [0.2, 0.25) is 0 Å². The maximum absolute atomic E-state index is 8.74. The average Bonchev–Trinajstić information content (AvgIpc) is 2.53. The van der Waals surface area contributed by atoms with Crippen molar-refractivity contribution in [2.75, 3.05) is 11.4 Å². The number of amidine groups is 1. The van der Waals surface area contributed by atoms with Crippen LogP contribution in [0, 0.1) is 0 Å². The van der Waals surface area contributed by atoms with Crippen LogP contribution in [0.1, 0.15) is 18.1 Å². The molecule has 0 heterocycles. The molecule has 0 fully saturated rings. The molecule has 0 aliphatic rings. The summed E-state index contributed by atoms with van der Waals surface area (Å²) in [5, 5.41) is 11.8. The molecule has 0 aromatic heterocycles. The number of hydrogen-bond acceptors (Lipinski definition) is 3. The Labute approximate surface area is 133 Å². The third-order valence-electron chi connectivity index (χ3n) is 3.29. The summed E-state index contributed by atoms with van der Waals surface area (Å²) < 4.78 is 0.921. The molecule has 110 valence electrons. The molecule has 2 aromatic carbocycles. The lowest BCUT2D eigenvalue weighted by Crippen LogP contribution is -2.22. The monoisotopic (exact) mass is 347 g/mol. The van der Waals surface area contributed by atoms with Gasteiger partial charge >= 0.3 is 0 Å². The maximum Gasteiger partial charge on any atom is 0.170 e. The number of anilines is 1. The Morgan fingerprint density at radius 3 is 2.52 bits per heavy atom. The van der Waals surface area contributed by atoms with Gasteiger partial charge in [-0.15, -0.1) is 0 Å². The van der Waals surface area contributed by atoms with E-state index in [0.717, 1.165) is 23.2 Å². The highest BCUT2D eigenvalue weighted by Gasteiger charge is 2.11. The molecule has 21 heavy (non-hydrogen) atoms. The highest BCUT2D eigenvalue weighted by Crippen LogP contribution is 2.28. The van der Waals surface area contributed by atoms with Crippen LogP contribution in [0.2, 0.25) is 0 Å². The summed E-state index contributed by atoms with van der Waals surface area (Å²) in [6, 6.07) is 16.0. The van der Waals surface area contributed by atoms with Crippen LogP contribution >= 0.6 is 15.9 Å². The van der Waals surface area contributed by atoms with Crippen molar-refractivity contribution in [2.24, 2.45) is 10.9 Å². The molecule has 0 unspecified atom stereocenters. The fourth-order valence-electron chi connectivity index (χ4n) is 2.15. The highest BCUT2D eigenvalue weighted by molar-refractivity contribution is 9.10. The van der Waals surface area contributed by atoms with Gasteiger partial charge in [0.25, 0.3) is 0 Å². The van der Waals surface area contributed by atoms with Gasteiger partial charge < -0.3 is 15.8 Å².